The summed E-state index contributed by atoms with van der Waals surface area (Å²) in [6, 6.07) is 60.4. The van der Waals surface area contributed by atoms with E-state index in [1.54, 1.807) is 0 Å². The summed E-state index contributed by atoms with van der Waals surface area (Å²) in [4.78, 5) is 0. The summed E-state index contributed by atoms with van der Waals surface area (Å²) in [5.74, 6) is 0. The lowest BCUT2D eigenvalue weighted by atomic mass is 9.88. The van der Waals surface area contributed by atoms with Crippen molar-refractivity contribution in [3.63, 3.8) is 0 Å². The van der Waals surface area contributed by atoms with Crippen molar-refractivity contribution >= 4 is 67.5 Å². The van der Waals surface area contributed by atoms with Gasteiger partial charge in [0.05, 0.1) is 0 Å². The lowest BCUT2D eigenvalue weighted by Gasteiger charge is -2.27. The zero-order chi connectivity index (χ0) is 33.4. The molecule has 0 aliphatic rings. The average Bonchev–Trinajstić information content (AvgIpc) is 3.17. The minimum Gasteiger partial charge on any atom is -0.0887 e. The van der Waals surface area contributed by atoms with Gasteiger partial charge in [0.2, 0.25) is 0 Å². The first kappa shape index (κ1) is 30.9. The third kappa shape index (κ3) is 5.34. The summed E-state index contributed by atoms with van der Waals surface area (Å²) in [5, 5.41) is 11.5. The zero-order valence-corrected chi connectivity index (χ0v) is 29.0. The Balaban J connectivity index is 1.27. The Morgan fingerprint density at radius 2 is 0.918 bits per heavy atom. The lowest BCUT2D eigenvalue weighted by molar-refractivity contribution is 1.14. The molecule has 0 radical (unpaired) electrons. The molecule has 0 aliphatic carbocycles. The number of benzene rings is 8. The lowest BCUT2D eigenvalue weighted by Crippen LogP contribution is -2.25. The van der Waals surface area contributed by atoms with Crippen LogP contribution >= 0.6 is 6.89 Å². The van der Waals surface area contributed by atoms with Crippen LogP contribution in [0.4, 0.5) is 0 Å². The minimum atomic E-state index is -2.20. The molecule has 8 rings (SSSR count). The molecule has 0 aromatic heterocycles. The Morgan fingerprint density at radius 3 is 1.43 bits per heavy atom. The van der Waals surface area contributed by atoms with Crippen LogP contribution in [-0.2, 0) is 6.42 Å². The predicted molar refractivity (Wildman–Crippen MR) is 220 cm³/mol. The Morgan fingerprint density at radius 1 is 0.490 bits per heavy atom. The van der Waals surface area contributed by atoms with Crippen molar-refractivity contribution in [1.82, 2.24) is 0 Å². The summed E-state index contributed by atoms with van der Waals surface area (Å²) in [7, 11) is 0. The van der Waals surface area contributed by atoms with Crippen LogP contribution in [0.1, 0.15) is 25.0 Å². The van der Waals surface area contributed by atoms with E-state index < -0.39 is 6.89 Å². The Kier molecular flexibility index (Phi) is 8.12. The van der Waals surface area contributed by atoms with E-state index in [9.17, 15) is 0 Å². The molecule has 0 N–H and O–H groups in total. The maximum Gasteiger partial charge on any atom is -0.00268 e. The highest BCUT2D eigenvalue weighted by Crippen LogP contribution is 2.44. The van der Waals surface area contributed by atoms with Crippen LogP contribution in [0.25, 0.3) is 60.6 Å². The van der Waals surface area contributed by atoms with E-state index >= 15 is 0 Å². The first-order chi connectivity index (χ1) is 24.1. The Bertz CT molecular complexity index is 2480. The summed E-state index contributed by atoms with van der Waals surface area (Å²) >= 11 is 0. The van der Waals surface area contributed by atoms with Crippen LogP contribution in [0.2, 0.25) is 0 Å². The van der Waals surface area contributed by atoms with Crippen LogP contribution in [0.15, 0.2) is 170 Å². The topological polar surface area (TPSA) is 0 Å². The molecule has 0 aliphatic heterocycles. The third-order valence-corrected chi connectivity index (χ3v) is 13.6. The standard InChI is InChI=1S/C48H39P/c1-4-15-43-34(5-2)32-37-16-9-12-21-44(37)47(43)35-24-28-41(29-25-35)49(3,40-19-7-6-8-20-40)42-30-26-36(27-31-42)48-45-22-13-10-17-38(45)33-39-18-11-14-23-46(39)48/h4,6-33H,3,5H2,1-2H3/b15-4-. The van der Waals surface area contributed by atoms with Crippen LogP contribution < -0.4 is 15.9 Å². The molecule has 0 fully saturated rings. The number of aryl methyl sites for hydroxylation is 1. The molecular formula is C48H39P. The number of rotatable bonds is 7. The molecule has 1 unspecified atom stereocenters. The first-order valence-corrected chi connectivity index (χ1v) is 19.2. The van der Waals surface area contributed by atoms with E-state index in [4.69, 9.17) is 6.30 Å². The molecule has 1 atom stereocenters. The fourth-order valence-corrected chi connectivity index (χ4v) is 10.5. The smallest absolute Gasteiger partial charge is 0.00268 e. The van der Waals surface area contributed by atoms with Gasteiger partial charge in [-0.15, -0.1) is 0 Å². The normalized spacial score (nSPS) is 12.9. The molecule has 0 spiro atoms. The first-order valence-electron chi connectivity index (χ1n) is 17.2. The number of fused-ring (bicyclic) bond motifs is 3. The van der Waals surface area contributed by atoms with Gasteiger partial charge in [-0.3, -0.25) is 0 Å². The van der Waals surface area contributed by atoms with Gasteiger partial charge < -0.3 is 0 Å². The molecule has 8 aromatic carbocycles. The van der Waals surface area contributed by atoms with Gasteiger partial charge in [0.15, 0.2) is 0 Å². The molecule has 236 valence electrons. The Hall–Kier alpha value is -5.42. The van der Waals surface area contributed by atoms with Crippen molar-refractivity contribution < 1.29 is 0 Å². The second-order valence-electron chi connectivity index (χ2n) is 12.8. The van der Waals surface area contributed by atoms with Gasteiger partial charge in [0.1, 0.15) is 0 Å². The monoisotopic (exact) mass is 646 g/mol. The fraction of sp³-hybridized carbons (Fsp3) is 0.0625. The van der Waals surface area contributed by atoms with Crippen molar-refractivity contribution in [1.29, 1.82) is 0 Å². The van der Waals surface area contributed by atoms with E-state index in [0.29, 0.717) is 0 Å². The second kappa shape index (κ2) is 12.9. The highest BCUT2D eigenvalue weighted by atomic mass is 31.2. The van der Waals surface area contributed by atoms with Crippen molar-refractivity contribution in [3.8, 4) is 22.3 Å². The summed E-state index contributed by atoms with van der Waals surface area (Å²) in [6.45, 7) is 2.16. The maximum atomic E-state index is 5.11. The predicted octanol–water partition coefficient (Wildman–Crippen LogP) is 11.8. The maximum absolute atomic E-state index is 5.11. The van der Waals surface area contributed by atoms with Gasteiger partial charge in [-0.1, -0.05) is 183 Å². The number of hydrogen-bond acceptors (Lipinski definition) is 0. The average molecular weight is 647 g/mol. The van der Waals surface area contributed by atoms with Gasteiger partial charge in [-0.05, 0) is 108 Å². The van der Waals surface area contributed by atoms with E-state index in [-0.39, 0.29) is 0 Å². The van der Waals surface area contributed by atoms with Crippen molar-refractivity contribution in [2.45, 2.75) is 20.3 Å². The SMILES string of the molecule is C=P(c1ccccc1)(c1ccc(-c2c(/C=C\C)c(CC)cc3ccccc23)cc1)c1ccc(-c2c3ccccc3cc3ccccc23)cc1. The van der Waals surface area contributed by atoms with Crippen LogP contribution in [0, 0.1) is 0 Å². The minimum absolute atomic E-state index is 0.988. The molecule has 1 heteroatoms. The van der Waals surface area contributed by atoms with Gasteiger partial charge in [-0.25, -0.2) is 0 Å². The quantitative estimate of drug-likeness (QED) is 0.119. The van der Waals surface area contributed by atoms with Gasteiger partial charge >= 0.3 is 0 Å². The van der Waals surface area contributed by atoms with Crippen LogP contribution in [-0.4, -0.2) is 6.30 Å². The molecule has 0 saturated heterocycles. The van der Waals surface area contributed by atoms with Gasteiger partial charge in [-0.2, -0.15) is 0 Å². The van der Waals surface area contributed by atoms with E-state index in [2.05, 4.69) is 190 Å². The summed E-state index contributed by atoms with van der Waals surface area (Å²) < 4.78 is 0. The molecule has 0 nitrogen and oxygen atoms in total. The van der Waals surface area contributed by atoms with Gasteiger partial charge in [0, 0.05) is 0 Å². The molecular weight excluding hydrogens is 608 g/mol. The zero-order valence-electron chi connectivity index (χ0n) is 28.1. The number of allylic oxidation sites excluding steroid dienone is 1. The number of hydrogen-bond donors (Lipinski definition) is 0. The third-order valence-electron chi connectivity index (χ3n) is 10.1. The van der Waals surface area contributed by atoms with E-state index in [1.165, 1.54) is 81.6 Å². The fourth-order valence-electron chi connectivity index (χ4n) is 7.60. The van der Waals surface area contributed by atoms with Crippen molar-refractivity contribution in [3.05, 3.63) is 181 Å². The van der Waals surface area contributed by atoms with Crippen molar-refractivity contribution in [2.75, 3.05) is 0 Å². The van der Waals surface area contributed by atoms with Crippen LogP contribution in [0.3, 0.4) is 0 Å². The molecule has 8 aromatic rings. The largest absolute Gasteiger partial charge is 0.0887 e. The second-order valence-corrected chi connectivity index (χ2v) is 16.0. The van der Waals surface area contributed by atoms with Crippen LogP contribution in [0.5, 0.6) is 0 Å². The van der Waals surface area contributed by atoms with Crippen molar-refractivity contribution in [2.24, 2.45) is 0 Å². The highest BCUT2D eigenvalue weighted by molar-refractivity contribution is 7.93. The van der Waals surface area contributed by atoms with E-state index in [1.807, 2.05) is 0 Å². The van der Waals surface area contributed by atoms with Gasteiger partial charge in [0.25, 0.3) is 0 Å². The molecule has 49 heavy (non-hydrogen) atoms. The molecule has 0 amide bonds. The molecule has 0 bridgehead atoms. The highest BCUT2D eigenvalue weighted by Gasteiger charge is 2.23. The molecule has 0 heterocycles. The molecule has 0 saturated carbocycles. The Labute approximate surface area is 290 Å². The van der Waals surface area contributed by atoms with E-state index in [0.717, 1.165) is 6.42 Å². The summed E-state index contributed by atoms with van der Waals surface area (Å²) in [5.41, 5.74) is 7.74. The summed E-state index contributed by atoms with van der Waals surface area (Å²) in [6.07, 6.45) is 10.5.